The van der Waals surface area contributed by atoms with Crippen LogP contribution in [-0.2, 0) is 11.2 Å². The highest BCUT2D eigenvalue weighted by molar-refractivity contribution is 5.92. The Morgan fingerprint density at radius 3 is 2.77 bits per heavy atom. The molecule has 134 valence electrons. The second kappa shape index (κ2) is 7.24. The average Bonchev–Trinajstić information content (AvgIpc) is 3.32. The standard InChI is InChI=1S/C22H25N3O/c1-16-14-18(25-12-4-5-13-25)9-10-20(16)24-22(26)11-8-17-15-23-21-7-3-2-6-19(17)21/h2-3,6-7,9-10,14-15,23H,4-5,8,11-13H2,1H3,(H,24,26). The van der Waals surface area contributed by atoms with Crippen LogP contribution in [0.1, 0.15) is 30.4 Å². The highest BCUT2D eigenvalue weighted by Gasteiger charge is 2.14. The van der Waals surface area contributed by atoms with Crippen LogP contribution in [0.4, 0.5) is 11.4 Å². The molecule has 26 heavy (non-hydrogen) atoms. The molecule has 0 aliphatic carbocycles. The normalized spacial score (nSPS) is 14.1. The van der Waals surface area contributed by atoms with Gasteiger partial charge in [0.15, 0.2) is 0 Å². The number of carbonyl (C=O) groups excluding carboxylic acids is 1. The summed E-state index contributed by atoms with van der Waals surface area (Å²) in [7, 11) is 0. The fourth-order valence-corrected chi connectivity index (χ4v) is 3.76. The van der Waals surface area contributed by atoms with Gasteiger partial charge in [0.1, 0.15) is 0 Å². The van der Waals surface area contributed by atoms with E-state index in [9.17, 15) is 4.79 Å². The maximum absolute atomic E-state index is 12.4. The number of benzene rings is 2. The van der Waals surface area contributed by atoms with E-state index in [1.165, 1.54) is 29.5 Å². The predicted molar refractivity (Wildman–Crippen MR) is 108 cm³/mol. The lowest BCUT2D eigenvalue weighted by atomic mass is 10.1. The number of aromatic amines is 1. The van der Waals surface area contributed by atoms with Crippen LogP contribution >= 0.6 is 0 Å². The molecule has 3 aromatic rings. The van der Waals surface area contributed by atoms with Crippen LogP contribution in [-0.4, -0.2) is 24.0 Å². The minimum absolute atomic E-state index is 0.0623. The van der Waals surface area contributed by atoms with E-state index in [2.05, 4.69) is 46.4 Å². The van der Waals surface area contributed by atoms with Gasteiger partial charge >= 0.3 is 0 Å². The topological polar surface area (TPSA) is 48.1 Å². The molecule has 2 aromatic carbocycles. The minimum Gasteiger partial charge on any atom is -0.372 e. The quantitative estimate of drug-likeness (QED) is 0.706. The van der Waals surface area contributed by atoms with Crippen molar-refractivity contribution in [2.75, 3.05) is 23.3 Å². The fraction of sp³-hybridized carbons (Fsp3) is 0.318. The molecule has 1 fully saturated rings. The van der Waals surface area contributed by atoms with Crippen LogP contribution in [0.25, 0.3) is 10.9 Å². The minimum atomic E-state index is 0.0623. The molecule has 0 spiro atoms. The number of aryl methyl sites for hydroxylation is 2. The summed E-state index contributed by atoms with van der Waals surface area (Å²) in [6.07, 6.45) is 5.76. The van der Waals surface area contributed by atoms with Crippen molar-refractivity contribution in [1.29, 1.82) is 0 Å². The molecule has 4 rings (SSSR count). The summed E-state index contributed by atoms with van der Waals surface area (Å²) in [5, 5.41) is 4.27. The van der Waals surface area contributed by atoms with Gasteiger partial charge in [0.25, 0.3) is 0 Å². The molecule has 4 nitrogen and oxygen atoms in total. The van der Waals surface area contributed by atoms with Crippen molar-refractivity contribution in [3.63, 3.8) is 0 Å². The molecule has 2 heterocycles. The Morgan fingerprint density at radius 2 is 1.96 bits per heavy atom. The highest BCUT2D eigenvalue weighted by Crippen LogP contribution is 2.26. The van der Waals surface area contributed by atoms with E-state index in [0.717, 1.165) is 36.3 Å². The molecular formula is C22H25N3O. The lowest BCUT2D eigenvalue weighted by molar-refractivity contribution is -0.116. The summed E-state index contributed by atoms with van der Waals surface area (Å²) in [5.41, 5.74) is 5.61. The van der Waals surface area contributed by atoms with Crippen LogP contribution in [0.3, 0.4) is 0 Å². The van der Waals surface area contributed by atoms with Gasteiger partial charge in [-0.25, -0.2) is 0 Å². The van der Waals surface area contributed by atoms with Crippen molar-refractivity contribution >= 4 is 28.2 Å². The maximum atomic E-state index is 12.4. The summed E-state index contributed by atoms with van der Waals surface area (Å²) >= 11 is 0. The average molecular weight is 347 g/mol. The molecule has 0 saturated carbocycles. The number of anilines is 2. The molecule has 1 aliphatic rings. The molecule has 0 atom stereocenters. The Kier molecular flexibility index (Phi) is 4.65. The molecule has 0 radical (unpaired) electrons. The van der Waals surface area contributed by atoms with Crippen molar-refractivity contribution in [3.8, 4) is 0 Å². The van der Waals surface area contributed by atoms with Crippen molar-refractivity contribution in [1.82, 2.24) is 4.98 Å². The molecular weight excluding hydrogens is 322 g/mol. The lowest BCUT2D eigenvalue weighted by Gasteiger charge is -2.19. The van der Waals surface area contributed by atoms with E-state index in [4.69, 9.17) is 0 Å². The molecule has 2 N–H and O–H groups in total. The largest absolute Gasteiger partial charge is 0.372 e. The Balaban J connectivity index is 1.38. The Hall–Kier alpha value is -2.75. The van der Waals surface area contributed by atoms with Crippen molar-refractivity contribution in [2.24, 2.45) is 0 Å². The van der Waals surface area contributed by atoms with Crippen LogP contribution < -0.4 is 10.2 Å². The maximum Gasteiger partial charge on any atom is 0.224 e. The van der Waals surface area contributed by atoms with Crippen LogP contribution in [0, 0.1) is 6.92 Å². The molecule has 1 amide bonds. The van der Waals surface area contributed by atoms with Crippen LogP contribution in [0.2, 0.25) is 0 Å². The van der Waals surface area contributed by atoms with E-state index in [-0.39, 0.29) is 5.91 Å². The zero-order valence-corrected chi connectivity index (χ0v) is 15.2. The SMILES string of the molecule is Cc1cc(N2CCCC2)ccc1NC(=O)CCc1c[nH]c2ccccc12. The van der Waals surface area contributed by atoms with Gasteiger partial charge in [0.2, 0.25) is 5.91 Å². The van der Waals surface area contributed by atoms with Gasteiger partial charge < -0.3 is 15.2 Å². The zero-order valence-electron chi connectivity index (χ0n) is 15.2. The summed E-state index contributed by atoms with van der Waals surface area (Å²) < 4.78 is 0. The lowest BCUT2D eigenvalue weighted by Crippen LogP contribution is -2.18. The number of hydrogen-bond acceptors (Lipinski definition) is 2. The van der Waals surface area contributed by atoms with Gasteiger partial charge in [-0.1, -0.05) is 18.2 Å². The van der Waals surface area contributed by atoms with Gasteiger partial charge in [-0.3, -0.25) is 4.79 Å². The number of aromatic nitrogens is 1. The number of amides is 1. The monoisotopic (exact) mass is 347 g/mol. The number of carbonyl (C=O) groups is 1. The first-order valence-corrected chi connectivity index (χ1v) is 9.41. The smallest absolute Gasteiger partial charge is 0.224 e. The third-order valence-corrected chi connectivity index (χ3v) is 5.25. The van der Waals surface area contributed by atoms with E-state index in [1.54, 1.807) is 0 Å². The van der Waals surface area contributed by atoms with Gasteiger partial charge in [0, 0.05) is 48.0 Å². The molecule has 1 saturated heterocycles. The zero-order chi connectivity index (χ0) is 17.9. The van der Waals surface area contributed by atoms with Crippen molar-refractivity contribution in [3.05, 3.63) is 59.8 Å². The molecule has 0 bridgehead atoms. The number of H-pyrrole nitrogens is 1. The first-order valence-electron chi connectivity index (χ1n) is 9.41. The summed E-state index contributed by atoms with van der Waals surface area (Å²) in [4.78, 5) is 18.1. The summed E-state index contributed by atoms with van der Waals surface area (Å²) in [6.45, 7) is 4.33. The molecule has 1 aliphatic heterocycles. The second-order valence-corrected chi connectivity index (χ2v) is 7.10. The number of nitrogens with zero attached hydrogens (tertiary/aromatic N) is 1. The van der Waals surface area contributed by atoms with Gasteiger partial charge in [-0.05, 0) is 61.6 Å². The third kappa shape index (κ3) is 3.45. The van der Waals surface area contributed by atoms with Crippen molar-refractivity contribution < 1.29 is 4.79 Å². The van der Waals surface area contributed by atoms with E-state index in [0.29, 0.717) is 6.42 Å². The summed E-state index contributed by atoms with van der Waals surface area (Å²) in [6, 6.07) is 14.5. The Bertz CT molecular complexity index is 922. The Labute approximate surface area is 154 Å². The number of hydrogen-bond donors (Lipinski definition) is 2. The van der Waals surface area contributed by atoms with Gasteiger partial charge in [0.05, 0.1) is 0 Å². The third-order valence-electron chi connectivity index (χ3n) is 5.25. The van der Waals surface area contributed by atoms with E-state index in [1.807, 2.05) is 24.4 Å². The first kappa shape index (κ1) is 16.7. The van der Waals surface area contributed by atoms with Crippen LogP contribution in [0.15, 0.2) is 48.7 Å². The summed E-state index contributed by atoms with van der Waals surface area (Å²) in [5.74, 6) is 0.0623. The van der Waals surface area contributed by atoms with E-state index < -0.39 is 0 Å². The van der Waals surface area contributed by atoms with E-state index >= 15 is 0 Å². The van der Waals surface area contributed by atoms with Gasteiger partial charge in [-0.2, -0.15) is 0 Å². The number of para-hydroxylation sites is 1. The van der Waals surface area contributed by atoms with Crippen LogP contribution in [0.5, 0.6) is 0 Å². The molecule has 4 heteroatoms. The first-order chi connectivity index (χ1) is 12.7. The fourth-order valence-electron chi connectivity index (χ4n) is 3.76. The van der Waals surface area contributed by atoms with Gasteiger partial charge in [-0.15, -0.1) is 0 Å². The second-order valence-electron chi connectivity index (χ2n) is 7.10. The predicted octanol–water partition coefficient (Wildman–Crippen LogP) is 4.65. The molecule has 0 unspecified atom stereocenters. The highest BCUT2D eigenvalue weighted by atomic mass is 16.1. The molecule has 1 aromatic heterocycles. The Morgan fingerprint density at radius 1 is 1.15 bits per heavy atom. The van der Waals surface area contributed by atoms with Crippen molar-refractivity contribution in [2.45, 2.75) is 32.6 Å². The number of fused-ring (bicyclic) bond motifs is 1. The number of rotatable bonds is 5. The number of nitrogens with one attached hydrogen (secondary N) is 2.